The average Bonchev–Trinajstić information content (AvgIpc) is 2.67. The average molecular weight is 267 g/mol. The van der Waals surface area contributed by atoms with E-state index in [0.29, 0.717) is 18.7 Å². The van der Waals surface area contributed by atoms with Gasteiger partial charge >= 0.3 is 5.97 Å². The molecule has 1 fully saturated rings. The molecule has 1 atom stereocenters. The van der Waals surface area contributed by atoms with Crippen LogP contribution in [0, 0.1) is 0 Å². The second-order valence-corrected chi connectivity index (χ2v) is 4.75. The summed E-state index contributed by atoms with van der Waals surface area (Å²) in [5.41, 5.74) is 0.374. The molecule has 0 spiro atoms. The zero-order valence-electron chi connectivity index (χ0n) is 9.79. The van der Waals surface area contributed by atoms with Gasteiger partial charge in [-0.1, -0.05) is 6.07 Å². The first kappa shape index (κ1) is 12.8. The second-order valence-electron chi connectivity index (χ2n) is 4.02. The van der Waals surface area contributed by atoms with E-state index in [-0.39, 0.29) is 22.5 Å². The van der Waals surface area contributed by atoms with Crippen molar-refractivity contribution in [3.05, 3.63) is 23.8 Å². The first-order valence-corrected chi connectivity index (χ1v) is 5.95. The fourth-order valence-electron chi connectivity index (χ4n) is 2.05. The minimum Gasteiger partial charge on any atom is -0.496 e. The van der Waals surface area contributed by atoms with E-state index in [1.54, 1.807) is 18.2 Å². The Kier molecular flexibility index (Phi) is 3.47. The van der Waals surface area contributed by atoms with E-state index < -0.39 is 5.97 Å². The molecule has 0 aromatic heterocycles. The number of hydrogen-bond donors (Lipinski definition) is 2. The highest BCUT2D eigenvalue weighted by atomic mass is 32.1. The van der Waals surface area contributed by atoms with Crippen LogP contribution in [0.4, 0.5) is 5.69 Å². The Balaban J connectivity index is 2.50. The quantitative estimate of drug-likeness (QED) is 0.813. The van der Waals surface area contributed by atoms with E-state index in [1.165, 1.54) is 12.0 Å². The molecule has 1 N–H and O–H groups in total. The Bertz CT molecular complexity index is 503. The molecule has 1 saturated heterocycles. The van der Waals surface area contributed by atoms with Crippen molar-refractivity contribution in [2.75, 3.05) is 18.6 Å². The van der Waals surface area contributed by atoms with Crippen molar-refractivity contribution in [2.24, 2.45) is 0 Å². The molecule has 96 valence electrons. The topological polar surface area (TPSA) is 66.8 Å². The van der Waals surface area contributed by atoms with E-state index >= 15 is 0 Å². The number of ether oxygens (including phenoxy) is 1. The zero-order valence-corrected chi connectivity index (χ0v) is 10.7. The van der Waals surface area contributed by atoms with Gasteiger partial charge in [-0.25, -0.2) is 4.79 Å². The monoisotopic (exact) mass is 267 g/mol. The molecule has 0 bridgehead atoms. The lowest BCUT2D eigenvalue weighted by Gasteiger charge is -2.19. The van der Waals surface area contributed by atoms with E-state index in [9.17, 15) is 14.7 Å². The van der Waals surface area contributed by atoms with Gasteiger partial charge in [0.1, 0.15) is 11.3 Å². The van der Waals surface area contributed by atoms with E-state index in [4.69, 9.17) is 4.74 Å². The van der Waals surface area contributed by atoms with Crippen molar-refractivity contribution in [3.8, 4) is 5.75 Å². The zero-order chi connectivity index (χ0) is 13.3. The van der Waals surface area contributed by atoms with Crippen molar-refractivity contribution in [2.45, 2.75) is 11.7 Å². The third-order valence-corrected chi connectivity index (χ3v) is 3.18. The van der Waals surface area contributed by atoms with E-state index in [0.717, 1.165) is 0 Å². The lowest BCUT2D eigenvalue weighted by atomic mass is 10.1. The molecule has 1 aromatic carbocycles. The van der Waals surface area contributed by atoms with Crippen LogP contribution in [0.15, 0.2) is 18.2 Å². The Labute approximate surface area is 110 Å². The maximum atomic E-state index is 11.8. The largest absolute Gasteiger partial charge is 0.496 e. The van der Waals surface area contributed by atoms with Crippen LogP contribution in [0.25, 0.3) is 0 Å². The van der Waals surface area contributed by atoms with Crippen molar-refractivity contribution >= 4 is 30.2 Å². The lowest BCUT2D eigenvalue weighted by molar-refractivity contribution is -0.117. The maximum Gasteiger partial charge on any atom is 0.341 e. The first-order valence-electron chi connectivity index (χ1n) is 5.43. The van der Waals surface area contributed by atoms with Gasteiger partial charge in [0.15, 0.2) is 0 Å². The maximum absolute atomic E-state index is 11.8. The Hall–Kier alpha value is -1.69. The van der Waals surface area contributed by atoms with Gasteiger partial charge in [0.05, 0.1) is 12.8 Å². The number of aromatic carboxylic acids is 1. The molecule has 6 heteroatoms. The SMILES string of the molecule is COc1cccc(N2CC(S)CC2=O)c1C(=O)O. The summed E-state index contributed by atoms with van der Waals surface area (Å²) in [7, 11) is 1.40. The highest BCUT2D eigenvalue weighted by molar-refractivity contribution is 7.81. The van der Waals surface area contributed by atoms with Crippen LogP contribution < -0.4 is 9.64 Å². The minimum atomic E-state index is -1.11. The molecule has 1 aromatic rings. The van der Waals surface area contributed by atoms with Crippen LogP contribution in [0.2, 0.25) is 0 Å². The molecular weight excluding hydrogens is 254 g/mol. The molecule has 0 radical (unpaired) electrons. The van der Waals surface area contributed by atoms with Crippen molar-refractivity contribution in [1.82, 2.24) is 0 Å². The summed E-state index contributed by atoms with van der Waals surface area (Å²) in [5.74, 6) is -0.987. The van der Waals surface area contributed by atoms with Gasteiger partial charge in [-0.15, -0.1) is 0 Å². The molecule has 5 nitrogen and oxygen atoms in total. The molecule has 1 amide bonds. The van der Waals surface area contributed by atoms with Gasteiger partial charge in [-0.3, -0.25) is 4.79 Å². The number of methoxy groups -OCH3 is 1. The fraction of sp³-hybridized carbons (Fsp3) is 0.333. The van der Waals surface area contributed by atoms with Crippen LogP contribution in [0.1, 0.15) is 16.8 Å². The predicted molar refractivity (Wildman–Crippen MR) is 69.7 cm³/mol. The van der Waals surface area contributed by atoms with Crippen LogP contribution in [0.3, 0.4) is 0 Å². The summed E-state index contributed by atoms with van der Waals surface area (Å²) in [6.07, 6.45) is 0.319. The molecule has 1 aliphatic heterocycles. The van der Waals surface area contributed by atoms with Gasteiger partial charge in [-0.2, -0.15) is 12.6 Å². The van der Waals surface area contributed by atoms with Crippen LogP contribution in [-0.2, 0) is 4.79 Å². The molecule has 18 heavy (non-hydrogen) atoms. The van der Waals surface area contributed by atoms with Gasteiger partial charge in [0, 0.05) is 18.2 Å². The van der Waals surface area contributed by atoms with Gasteiger partial charge < -0.3 is 14.7 Å². The normalized spacial score (nSPS) is 19.1. The number of amides is 1. The van der Waals surface area contributed by atoms with Crippen molar-refractivity contribution < 1.29 is 19.4 Å². The second kappa shape index (κ2) is 4.89. The number of carboxylic acid groups (broad SMARTS) is 1. The highest BCUT2D eigenvalue weighted by Crippen LogP contribution is 2.32. The van der Waals surface area contributed by atoms with Gasteiger partial charge in [0.25, 0.3) is 0 Å². The number of nitrogens with zero attached hydrogens (tertiary/aromatic N) is 1. The summed E-state index contributed by atoms with van der Waals surface area (Å²) in [5, 5.41) is 9.19. The number of carbonyl (C=O) groups is 2. The molecule has 1 unspecified atom stereocenters. The minimum absolute atomic E-state index is 0.00998. The number of rotatable bonds is 3. The molecule has 0 saturated carbocycles. The number of carboxylic acids is 1. The molecular formula is C12H13NO4S. The molecule has 1 aliphatic rings. The fourth-order valence-corrected chi connectivity index (χ4v) is 2.37. The molecule has 1 heterocycles. The van der Waals surface area contributed by atoms with Crippen molar-refractivity contribution in [1.29, 1.82) is 0 Å². The summed E-state index contributed by atoms with van der Waals surface area (Å²) in [4.78, 5) is 24.6. The lowest BCUT2D eigenvalue weighted by Crippen LogP contribution is -2.26. The van der Waals surface area contributed by atoms with Crippen LogP contribution in [0.5, 0.6) is 5.75 Å². The highest BCUT2D eigenvalue weighted by Gasteiger charge is 2.32. The summed E-state index contributed by atoms with van der Waals surface area (Å²) in [6, 6.07) is 4.83. The number of anilines is 1. The summed E-state index contributed by atoms with van der Waals surface area (Å²) < 4.78 is 5.03. The third-order valence-electron chi connectivity index (χ3n) is 2.83. The van der Waals surface area contributed by atoms with E-state index in [1.807, 2.05) is 0 Å². The van der Waals surface area contributed by atoms with Gasteiger partial charge in [0.2, 0.25) is 5.91 Å². The first-order chi connectivity index (χ1) is 8.54. The standard InChI is InChI=1S/C12H13NO4S/c1-17-9-4-2-3-8(11(9)12(15)16)13-6-7(18)5-10(13)14/h2-4,7,18H,5-6H2,1H3,(H,15,16). The van der Waals surface area contributed by atoms with Crippen LogP contribution in [-0.4, -0.2) is 35.9 Å². The molecule has 2 rings (SSSR count). The number of benzene rings is 1. The number of hydrogen-bond acceptors (Lipinski definition) is 4. The third kappa shape index (κ3) is 2.15. The predicted octanol–water partition coefficient (Wildman–Crippen LogP) is 1.43. The Morgan fingerprint density at radius 3 is 2.78 bits per heavy atom. The van der Waals surface area contributed by atoms with E-state index in [2.05, 4.69) is 12.6 Å². The summed E-state index contributed by atoms with van der Waals surface area (Å²) >= 11 is 4.25. The number of thiol groups is 1. The van der Waals surface area contributed by atoms with Crippen molar-refractivity contribution in [3.63, 3.8) is 0 Å². The van der Waals surface area contributed by atoms with Crippen LogP contribution >= 0.6 is 12.6 Å². The molecule has 0 aliphatic carbocycles. The summed E-state index contributed by atoms with van der Waals surface area (Å²) in [6.45, 7) is 0.412. The Morgan fingerprint density at radius 2 is 2.28 bits per heavy atom. The van der Waals surface area contributed by atoms with Gasteiger partial charge in [-0.05, 0) is 12.1 Å². The Morgan fingerprint density at radius 1 is 1.56 bits per heavy atom. The number of carbonyl (C=O) groups excluding carboxylic acids is 1. The smallest absolute Gasteiger partial charge is 0.341 e.